The molecule has 1 amide bonds. The van der Waals surface area contributed by atoms with Crippen molar-refractivity contribution in [1.82, 2.24) is 14.8 Å². The van der Waals surface area contributed by atoms with Gasteiger partial charge in [-0.25, -0.2) is 0 Å². The number of hydrogen-bond acceptors (Lipinski definition) is 3. The number of hydrogen-bond donors (Lipinski definition) is 1. The summed E-state index contributed by atoms with van der Waals surface area (Å²) in [5.74, 6) is 0.308. The number of benzene rings is 1. The first-order chi connectivity index (χ1) is 11.0. The van der Waals surface area contributed by atoms with Crippen molar-refractivity contribution < 1.29 is 4.79 Å². The maximum atomic E-state index is 12.3. The minimum atomic E-state index is -0.213. The fourth-order valence-electron chi connectivity index (χ4n) is 2.28. The number of carbonyl (C=O) groups is 1. The summed E-state index contributed by atoms with van der Waals surface area (Å²) in [5.41, 5.74) is 3.04. The van der Waals surface area contributed by atoms with Crippen LogP contribution in [-0.4, -0.2) is 20.7 Å². The van der Waals surface area contributed by atoms with Crippen LogP contribution < -0.4 is 5.32 Å². The van der Waals surface area contributed by atoms with Gasteiger partial charge in [-0.1, -0.05) is 28.1 Å². The van der Waals surface area contributed by atoms with Crippen LogP contribution in [0.25, 0.3) is 11.3 Å². The molecule has 0 atom stereocenters. The van der Waals surface area contributed by atoms with Gasteiger partial charge in [0.2, 0.25) is 0 Å². The zero-order valence-corrected chi connectivity index (χ0v) is 14.3. The second-order valence-electron chi connectivity index (χ2n) is 5.17. The highest BCUT2D eigenvalue weighted by molar-refractivity contribution is 9.10. The summed E-state index contributed by atoms with van der Waals surface area (Å²) in [6.45, 7) is 1.83. The molecule has 0 bridgehead atoms. The Morgan fingerprint density at radius 2 is 2.04 bits per heavy atom. The standard InChI is InChI=1S/C17H15BrN4O/c1-11-14(17(23)20-16-8-9-22(2)21-16)6-7-15(19-11)12-4-3-5-13(18)10-12/h3-10H,1-2H3,(H,20,21,23). The van der Waals surface area contributed by atoms with Crippen molar-refractivity contribution in [3.63, 3.8) is 0 Å². The zero-order valence-electron chi connectivity index (χ0n) is 12.7. The predicted octanol–water partition coefficient (Wildman–Crippen LogP) is 3.81. The number of pyridine rings is 1. The number of rotatable bonds is 3. The van der Waals surface area contributed by atoms with Crippen molar-refractivity contribution in [3.8, 4) is 11.3 Å². The smallest absolute Gasteiger partial charge is 0.258 e. The molecule has 0 radical (unpaired) electrons. The Morgan fingerprint density at radius 3 is 2.70 bits per heavy atom. The molecule has 0 fully saturated rings. The molecule has 2 aromatic heterocycles. The van der Waals surface area contributed by atoms with E-state index in [0.717, 1.165) is 15.7 Å². The number of aryl methyl sites for hydroxylation is 2. The second kappa shape index (κ2) is 6.34. The van der Waals surface area contributed by atoms with E-state index in [9.17, 15) is 4.79 Å². The SMILES string of the molecule is Cc1nc(-c2cccc(Br)c2)ccc1C(=O)Nc1ccn(C)n1. The van der Waals surface area contributed by atoms with E-state index < -0.39 is 0 Å². The number of amides is 1. The van der Waals surface area contributed by atoms with E-state index in [1.807, 2.05) is 37.3 Å². The monoisotopic (exact) mass is 370 g/mol. The normalized spacial score (nSPS) is 10.6. The van der Waals surface area contributed by atoms with Crippen molar-refractivity contribution in [2.75, 3.05) is 5.32 Å². The van der Waals surface area contributed by atoms with Crippen LogP contribution in [-0.2, 0) is 7.05 Å². The summed E-state index contributed by atoms with van der Waals surface area (Å²) in [5, 5.41) is 6.91. The van der Waals surface area contributed by atoms with Crippen LogP contribution >= 0.6 is 15.9 Å². The van der Waals surface area contributed by atoms with Crippen molar-refractivity contribution >= 4 is 27.7 Å². The average Bonchev–Trinajstić information content (AvgIpc) is 2.92. The molecular weight excluding hydrogens is 356 g/mol. The number of nitrogens with one attached hydrogen (secondary N) is 1. The number of aromatic nitrogens is 3. The number of nitrogens with zero attached hydrogens (tertiary/aromatic N) is 3. The number of anilines is 1. The van der Waals surface area contributed by atoms with Crippen LogP contribution in [0.1, 0.15) is 16.1 Å². The van der Waals surface area contributed by atoms with Gasteiger partial charge in [-0.2, -0.15) is 5.10 Å². The summed E-state index contributed by atoms with van der Waals surface area (Å²) in [6.07, 6.45) is 1.77. The Bertz CT molecular complexity index is 873. The van der Waals surface area contributed by atoms with Gasteiger partial charge in [0.05, 0.1) is 17.0 Å². The molecule has 0 saturated carbocycles. The first kappa shape index (κ1) is 15.4. The largest absolute Gasteiger partial charge is 0.305 e. The molecule has 0 aliphatic heterocycles. The van der Waals surface area contributed by atoms with E-state index >= 15 is 0 Å². The van der Waals surface area contributed by atoms with E-state index in [2.05, 4.69) is 31.3 Å². The van der Waals surface area contributed by atoms with Crippen molar-refractivity contribution in [2.45, 2.75) is 6.92 Å². The Hall–Kier alpha value is -2.47. The van der Waals surface area contributed by atoms with Crippen molar-refractivity contribution in [3.05, 3.63) is 64.4 Å². The summed E-state index contributed by atoms with van der Waals surface area (Å²) < 4.78 is 2.63. The van der Waals surface area contributed by atoms with Gasteiger partial charge in [0.15, 0.2) is 5.82 Å². The molecule has 23 heavy (non-hydrogen) atoms. The van der Waals surface area contributed by atoms with Gasteiger partial charge in [-0.15, -0.1) is 0 Å². The molecule has 0 aliphatic rings. The van der Waals surface area contributed by atoms with E-state index in [1.165, 1.54) is 0 Å². The lowest BCUT2D eigenvalue weighted by molar-refractivity contribution is 0.102. The topological polar surface area (TPSA) is 59.8 Å². The minimum Gasteiger partial charge on any atom is -0.305 e. The van der Waals surface area contributed by atoms with Crippen molar-refractivity contribution in [1.29, 1.82) is 0 Å². The molecule has 1 N–H and O–H groups in total. The number of halogens is 1. The van der Waals surface area contributed by atoms with E-state index in [0.29, 0.717) is 17.1 Å². The fourth-order valence-corrected chi connectivity index (χ4v) is 2.67. The summed E-state index contributed by atoms with van der Waals surface area (Å²) >= 11 is 3.45. The molecule has 116 valence electrons. The molecule has 5 nitrogen and oxygen atoms in total. The minimum absolute atomic E-state index is 0.213. The highest BCUT2D eigenvalue weighted by Crippen LogP contribution is 2.22. The Balaban J connectivity index is 1.85. The van der Waals surface area contributed by atoms with Crippen LogP contribution in [0.3, 0.4) is 0 Å². The summed E-state index contributed by atoms with van der Waals surface area (Å²) in [4.78, 5) is 16.9. The molecule has 3 rings (SSSR count). The molecule has 0 aliphatic carbocycles. The highest BCUT2D eigenvalue weighted by Gasteiger charge is 2.13. The maximum Gasteiger partial charge on any atom is 0.258 e. The first-order valence-electron chi connectivity index (χ1n) is 7.07. The average molecular weight is 371 g/mol. The van der Waals surface area contributed by atoms with E-state index in [4.69, 9.17) is 0 Å². The van der Waals surface area contributed by atoms with Crippen LogP contribution in [0.5, 0.6) is 0 Å². The molecule has 0 unspecified atom stereocenters. The quantitative estimate of drug-likeness (QED) is 0.762. The van der Waals surface area contributed by atoms with Gasteiger partial charge >= 0.3 is 0 Å². The Labute approximate surface area is 142 Å². The van der Waals surface area contributed by atoms with E-state index in [-0.39, 0.29) is 5.91 Å². The lowest BCUT2D eigenvalue weighted by Gasteiger charge is -2.08. The molecule has 2 heterocycles. The Morgan fingerprint density at radius 1 is 1.22 bits per heavy atom. The molecular formula is C17H15BrN4O. The highest BCUT2D eigenvalue weighted by atomic mass is 79.9. The van der Waals surface area contributed by atoms with E-state index in [1.54, 1.807) is 30.1 Å². The third-order valence-corrected chi connectivity index (χ3v) is 3.90. The first-order valence-corrected chi connectivity index (χ1v) is 7.87. The lowest BCUT2D eigenvalue weighted by Crippen LogP contribution is -2.14. The zero-order chi connectivity index (χ0) is 16.4. The Kier molecular flexibility index (Phi) is 4.25. The molecule has 1 aromatic carbocycles. The predicted molar refractivity (Wildman–Crippen MR) is 93.3 cm³/mol. The van der Waals surface area contributed by atoms with Crippen LogP contribution in [0.15, 0.2) is 53.1 Å². The van der Waals surface area contributed by atoms with Crippen molar-refractivity contribution in [2.24, 2.45) is 7.05 Å². The van der Waals surface area contributed by atoms with Gasteiger partial charge in [0.25, 0.3) is 5.91 Å². The molecule has 0 spiro atoms. The summed E-state index contributed by atoms with van der Waals surface area (Å²) in [6, 6.07) is 13.3. The fraction of sp³-hybridized carbons (Fsp3) is 0.118. The molecule has 3 aromatic rings. The maximum absolute atomic E-state index is 12.3. The van der Waals surface area contributed by atoms with Crippen LogP contribution in [0.4, 0.5) is 5.82 Å². The number of carbonyl (C=O) groups excluding carboxylic acids is 1. The molecule has 0 saturated heterocycles. The van der Waals surface area contributed by atoms with Crippen LogP contribution in [0, 0.1) is 6.92 Å². The van der Waals surface area contributed by atoms with Gasteiger partial charge in [0, 0.05) is 29.3 Å². The third-order valence-electron chi connectivity index (χ3n) is 3.41. The van der Waals surface area contributed by atoms with Gasteiger partial charge < -0.3 is 5.32 Å². The molecule has 6 heteroatoms. The second-order valence-corrected chi connectivity index (χ2v) is 6.08. The third kappa shape index (κ3) is 3.48. The lowest BCUT2D eigenvalue weighted by atomic mass is 10.1. The van der Waals surface area contributed by atoms with Crippen LogP contribution in [0.2, 0.25) is 0 Å². The van der Waals surface area contributed by atoms with Gasteiger partial charge in [-0.3, -0.25) is 14.5 Å². The van der Waals surface area contributed by atoms with Gasteiger partial charge in [-0.05, 0) is 31.2 Å². The summed E-state index contributed by atoms with van der Waals surface area (Å²) in [7, 11) is 1.80. The van der Waals surface area contributed by atoms with Gasteiger partial charge in [0.1, 0.15) is 0 Å².